The second-order valence-electron chi connectivity index (χ2n) is 8.13. The molecule has 0 bridgehead atoms. The molecule has 0 heterocycles. The fraction of sp³-hybridized carbons (Fsp3) is 0.320. The largest absolute Gasteiger partial charge is 0.497 e. The summed E-state index contributed by atoms with van der Waals surface area (Å²) >= 11 is 5.89. The van der Waals surface area contributed by atoms with Crippen molar-refractivity contribution in [3.05, 3.63) is 82.4 Å². The van der Waals surface area contributed by atoms with Gasteiger partial charge in [0, 0.05) is 11.6 Å². The number of alkyl halides is 1. The van der Waals surface area contributed by atoms with E-state index in [9.17, 15) is 17.6 Å². The van der Waals surface area contributed by atoms with Gasteiger partial charge in [0.2, 0.25) is 0 Å². The zero-order chi connectivity index (χ0) is 26.3. The summed E-state index contributed by atoms with van der Waals surface area (Å²) in [5.74, 6) is -0.439. The highest BCUT2D eigenvalue weighted by atomic mass is 35.5. The highest BCUT2D eigenvalue weighted by Gasteiger charge is 2.22. The molecule has 1 amide bonds. The number of hydrogen-bond acceptors (Lipinski definition) is 4. The van der Waals surface area contributed by atoms with E-state index in [1.165, 1.54) is 32.2 Å². The Morgan fingerprint density at radius 3 is 2.26 bits per heavy atom. The SMILES string of the molecule is C=CC(C)/C=C(\C)C(=O)NS(=O)(=O)c1cc(OC)ccc1Cl.Cc1cc(C)cc(C(C)(F)P)c1. The number of aryl methyl sites for hydroxylation is 2. The standard InChI is InChI=1S/C15H18ClNO4S.C10H14FP/c1-5-10(2)8-11(3)15(18)17-22(19,20)14-9-12(21-4)6-7-13(14)16;1-7-4-8(2)6-9(5-7)10(3,11)12/h5-10H,1H2,2-4H3,(H,17,18);4-6H,12H2,1-3H3/b11-8+;. The Morgan fingerprint density at radius 1 is 1.24 bits per heavy atom. The van der Waals surface area contributed by atoms with E-state index in [2.05, 4.69) is 15.8 Å². The summed E-state index contributed by atoms with van der Waals surface area (Å²) < 4.78 is 44.9. The van der Waals surface area contributed by atoms with Gasteiger partial charge in [0.1, 0.15) is 16.1 Å². The molecule has 2 rings (SSSR count). The molecule has 0 saturated heterocycles. The maximum Gasteiger partial charge on any atom is 0.265 e. The van der Waals surface area contributed by atoms with Crippen LogP contribution in [0.2, 0.25) is 5.02 Å². The van der Waals surface area contributed by atoms with E-state index in [0.717, 1.165) is 16.7 Å². The summed E-state index contributed by atoms with van der Waals surface area (Å²) in [5, 5.41) is -1.31. The Morgan fingerprint density at radius 2 is 1.79 bits per heavy atom. The Labute approximate surface area is 209 Å². The third-order valence-electron chi connectivity index (χ3n) is 4.68. The molecule has 186 valence electrons. The number of sulfonamides is 1. The first-order valence-electron chi connectivity index (χ1n) is 10.4. The van der Waals surface area contributed by atoms with Crippen molar-refractivity contribution < 1.29 is 22.3 Å². The topological polar surface area (TPSA) is 72.5 Å². The second-order valence-corrected chi connectivity index (χ2v) is 11.3. The van der Waals surface area contributed by atoms with Gasteiger partial charge in [0.25, 0.3) is 15.9 Å². The van der Waals surface area contributed by atoms with E-state index in [0.29, 0.717) is 5.75 Å². The molecule has 2 aromatic carbocycles. The van der Waals surface area contributed by atoms with E-state index in [-0.39, 0.29) is 21.4 Å². The lowest BCUT2D eigenvalue weighted by molar-refractivity contribution is -0.115. The van der Waals surface area contributed by atoms with Crippen molar-refractivity contribution in [1.82, 2.24) is 4.72 Å². The van der Waals surface area contributed by atoms with E-state index in [1.54, 1.807) is 19.1 Å². The molecule has 9 heteroatoms. The highest BCUT2D eigenvalue weighted by molar-refractivity contribution is 7.90. The minimum Gasteiger partial charge on any atom is -0.497 e. The fourth-order valence-electron chi connectivity index (χ4n) is 2.87. The van der Waals surface area contributed by atoms with Crippen LogP contribution >= 0.6 is 20.8 Å². The van der Waals surface area contributed by atoms with Crippen LogP contribution in [0.3, 0.4) is 0 Å². The first-order valence-corrected chi connectivity index (χ1v) is 12.8. The van der Waals surface area contributed by atoms with Gasteiger partial charge in [0.05, 0.1) is 12.1 Å². The molecule has 0 aliphatic rings. The number of amides is 1. The van der Waals surface area contributed by atoms with Crippen molar-refractivity contribution >= 4 is 36.8 Å². The average molecular weight is 528 g/mol. The molecular weight excluding hydrogens is 496 g/mol. The molecule has 1 N–H and O–H groups in total. The van der Waals surface area contributed by atoms with E-state index >= 15 is 0 Å². The first-order chi connectivity index (χ1) is 15.6. The number of carbonyl (C=O) groups excluding carboxylic acids is 1. The first kappa shape index (κ1) is 29.8. The maximum atomic E-state index is 13.4. The minimum atomic E-state index is -4.09. The normalized spacial score (nSPS) is 14.2. The van der Waals surface area contributed by atoms with E-state index < -0.39 is 21.3 Å². The van der Waals surface area contributed by atoms with Crippen LogP contribution in [0.4, 0.5) is 4.39 Å². The Balaban J connectivity index is 0.000000404. The highest BCUT2D eigenvalue weighted by Crippen LogP contribution is 2.33. The quantitative estimate of drug-likeness (QED) is 0.263. The fourth-order valence-corrected chi connectivity index (χ4v) is 4.57. The molecule has 34 heavy (non-hydrogen) atoms. The number of nitrogens with one attached hydrogen (secondary N) is 1. The Hall–Kier alpha value is -2.21. The van der Waals surface area contributed by atoms with Gasteiger partial charge in [-0.25, -0.2) is 17.5 Å². The van der Waals surface area contributed by atoms with Crippen molar-refractivity contribution in [3.8, 4) is 5.75 Å². The molecule has 0 aromatic heterocycles. The van der Waals surface area contributed by atoms with Crippen LogP contribution in [0, 0.1) is 19.8 Å². The molecule has 3 atom stereocenters. The lowest BCUT2D eigenvalue weighted by Crippen LogP contribution is -2.31. The summed E-state index contributed by atoms with van der Waals surface area (Å²) in [6, 6.07) is 9.96. The van der Waals surface area contributed by atoms with Crippen molar-refractivity contribution in [3.63, 3.8) is 0 Å². The van der Waals surface area contributed by atoms with Crippen LogP contribution in [-0.2, 0) is 20.2 Å². The van der Waals surface area contributed by atoms with Gasteiger partial charge in [-0.05, 0) is 51.3 Å². The number of benzene rings is 2. The van der Waals surface area contributed by atoms with Gasteiger partial charge >= 0.3 is 0 Å². The van der Waals surface area contributed by atoms with Gasteiger partial charge in [-0.2, -0.15) is 0 Å². The summed E-state index contributed by atoms with van der Waals surface area (Å²) in [4.78, 5) is 11.8. The summed E-state index contributed by atoms with van der Waals surface area (Å²) in [6.45, 7) is 12.5. The monoisotopic (exact) mass is 527 g/mol. The third-order valence-corrected chi connectivity index (χ3v) is 6.83. The second kappa shape index (κ2) is 12.5. The number of carbonyl (C=O) groups is 1. The van der Waals surface area contributed by atoms with Crippen LogP contribution in [-0.4, -0.2) is 21.4 Å². The zero-order valence-corrected chi connectivity index (χ0v) is 23.0. The van der Waals surface area contributed by atoms with Gasteiger partial charge in [-0.15, -0.1) is 6.58 Å². The number of hydrogen-bond donors (Lipinski definition) is 1. The predicted molar refractivity (Wildman–Crippen MR) is 141 cm³/mol. The molecule has 0 spiro atoms. The van der Waals surface area contributed by atoms with Crippen LogP contribution in [0.15, 0.2) is 65.6 Å². The van der Waals surface area contributed by atoms with Gasteiger partial charge in [-0.3, -0.25) is 4.79 Å². The van der Waals surface area contributed by atoms with Crippen molar-refractivity contribution in [2.45, 2.75) is 44.9 Å². The zero-order valence-electron chi connectivity index (χ0n) is 20.3. The Bertz CT molecular complexity index is 1150. The number of methoxy groups -OCH3 is 1. The lowest BCUT2D eigenvalue weighted by Gasteiger charge is -2.15. The number of allylic oxidation sites excluding steroid dienone is 2. The third kappa shape index (κ3) is 9.21. The van der Waals surface area contributed by atoms with Crippen molar-refractivity contribution in [2.75, 3.05) is 7.11 Å². The van der Waals surface area contributed by atoms with Crippen LogP contribution in [0.5, 0.6) is 5.75 Å². The van der Waals surface area contributed by atoms with Crippen LogP contribution in [0.25, 0.3) is 0 Å². The predicted octanol–water partition coefficient (Wildman–Crippen LogP) is 6.24. The van der Waals surface area contributed by atoms with Crippen LogP contribution < -0.4 is 9.46 Å². The van der Waals surface area contributed by atoms with Gasteiger partial charge in [0.15, 0.2) is 0 Å². The molecule has 0 fully saturated rings. The molecule has 0 saturated carbocycles. The maximum absolute atomic E-state index is 13.4. The average Bonchev–Trinajstić information content (AvgIpc) is 2.72. The van der Waals surface area contributed by atoms with Gasteiger partial charge < -0.3 is 4.74 Å². The van der Waals surface area contributed by atoms with E-state index in [1.807, 2.05) is 43.7 Å². The molecule has 2 aromatic rings. The molecule has 0 aliphatic carbocycles. The number of rotatable bonds is 7. The summed E-state index contributed by atoms with van der Waals surface area (Å²) in [5.41, 5.74) is 3.22. The molecule has 3 unspecified atom stereocenters. The van der Waals surface area contributed by atoms with Gasteiger partial charge in [-0.1, -0.05) is 69.2 Å². The van der Waals surface area contributed by atoms with Crippen molar-refractivity contribution in [2.24, 2.45) is 5.92 Å². The lowest BCUT2D eigenvalue weighted by atomic mass is 10.0. The Kier molecular flexibility index (Phi) is 10.9. The van der Waals surface area contributed by atoms with E-state index in [4.69, 9.17) is 16.3 Å². The minimum absolute atomic E-state index is 0.00203. The van der Waals surface area contributed by atoms with Crippen molar-refractivity contribution in [1.29, 1.82) is 0 Å². The molecule has 0 aliphatic heterocycles. The molecule has 0 radical (unpaired) electrons. The smallest absolute Gasteiger partial charge is 0.265 e. The molecule has 5 nitrogen and oxygen atoms in total. The summed E-state index contributed by atoms with van der Waals surface area (Å²) in [6.07, 6.45) is 3.26. The van der Waals surface area contributed by atoms with Crippen LogP contribution in [0.1, 0.15) is 37.5 Å². The number of halogens is 2. The molecular formula is C25H32ClFNO4PS. The summed E-state index contributed by atoms with van der Waals surface area (Å²) in [7, 11) is -0.475. The number of ether oxygens (including phenoxy) is 1.